The Bertz CT molecular complexity index is 649. The molecule has 20 heavy (non-hydrogen) atoms. The van der Waals surface area contributed by atoms with Crippen molar-refractivity contribution in [3.05, 3.63) is 26.4 Å². The lowest BCUT2D eigenvalue weighted by Crippen LogP contribution is -2.36. The number of rotatable bonds is 2. The maximum absolute atomic E-state index is 12.5. The first-order valence-corrected chi connectivity index (χ1v) is 8.69. The Morgan fingerprint density at radius 3 is 2.45 bits per heavy atom. The van der Waals surface area contributed by atoms with Gasteiger partial charge in [-0.1, -0.05) is 6.08 Å². The Hall–Kier alpha value is -0.380. The summed E-state index contributed by atoms with van der Waals surface area (Å²) in [6.45, 7) is 1.27. The molecule has 1 aliphatic rings. The standard InChI is InChI=1S/C11H11BrF3NO2S2/c1-7-9(6-10(12)19-7)20(17,18)16-4-2-8(3-5-16)11(13,14)15/h2,6H,3-5H2,1H3. The van der Waals surface area contributed by atoms with Crippen molar-refractivity contribution in [3.63, 3.8) is 0 Å². The Labute approximate surface area is 127 Å². The second kappa shape index (κ2) is 5.43. The summed E-state index contributed by atoms with van der Waals surface area (Å²) in [5.74, 6) is 0. The molecule has 0 fully saturated rings. The quantitative estimate of drug-likeness (QED) is 0.723. The maximum atomic E-state index is 12.5. The molecule has 2 heterocycles. The SMILES string of the molecule is Cc1sc(Br)cc1S(=O)(=O)N1CC=C(C(F)(F)F)CC1. The third-order valence-corrected chi connectivity index (χ3v) is 6.67. The van der Waals surface area contributed by atoms with Crippen LogP contribution in [0.25, 0.3) is 0 Å². The van der Waals surface area contributed by atoms with Crippen LogP contribution in [0.3, 0.4) is 0 Å². The molecule has 0 saturated heterocycles. The Balaban J connectivity index is 2.26. The average Bonchev–Trinajstić information content (AvgIpc) is 2.68. The van der Waals surface area contributed by atoms with E-state index in [1.54, 1.807) is 6.92 Å². The van der Waals surface area contributed by atoms with Gasteiger partial charge in [-0.15, -0.1) is 11.3 Å². The summed E-state index contributed by atoms with van der Waals surface area (Å²) in [6, 6.07) is 1.48. The van der Waals surface area contributed by atoms with E-state index in [0.29, 0.717) is 8.66 Å². The molecule has 0 bridgehead atoms. The summed E-state index contributed by atoms with van der Waals surface area (Å²) in [5.41, 5.74) is -0.660. The molecule has 0 aliphatic carbocycles. The van der Waals surface area contributed by atoms with Crippen LogP contribution in [0.1, 0.15) is 11.3 Å². The van der Waals surface area contributed by atoms with E-state index in [1.165, 1.54) is 17.4 Å². The van der Waals surface area contributed by atoms with Crippen LogP contribution in [0.5, 0.6) is 0 Å². The van der Waals surface area contributed by atoms with Gasteiger partial charge < -0.3 is 0 Å². The van der Waals surface area contributed by atoms with Crippen molar-refractivity contribution in [2.75, 3.05) is 13.1 Å². The van der Waals surface area contributed by atoms with Crippen molar-refractivity contribution in [1.82, 2.24) is 4.31 Å². The topological polar surface area (TPSA) is 37.4 Å². The van der Waals surface area contributed by atoms with Crippen LogP contribution in [0.15, 0.2) is 26.4 Å². The van der Waals surface area contributed by atoms with Crippen LogP contribution in [-0.2, 0) is 10.0 Å². The highest BCUT2D eigenvalue weighted by atomic mass is 79.9. The lowest BCUT2D eigenvalue weighted by Gasteiger charge is -2.26. The Morgan fingerprint density at radius 1 is 1.40 bits per heavy atom. The van der Waals surface area contributed by atoms with Gasteiger partial charge in [0, 0.05) is 23.5 Å². The fraction of sp³-hybridized carbons (Fsp3) is 0.455. The molecule has 3 nitrogen and oxygen atoms in total. The van der Waals surface area contributed by atoms with Gasteiger partial charge in [0.05, 0.1) is 8.68 Å². The van der Waals surface area contributed by atoms with E-state index in [9.17, 15) is 21.6 Å². The van der Waals surface area contributed by atoms with Crippen LogP contribution in [0, 0.1) is 6.92 Å². The average molecular weight is 390 g/mol. The molecule has 112 valence electrons. The van der Waals surface area contributed by atoms with E-state index in [0.717, 1.165) is 10.4 Å². The predicted octanol–water partition coefficient (Wildman–Crippen LogP) is 3.70. The molecule has 0 unspecified atom stereocenters. The van der Waals surface area contributed by atoms with Gasteiger partial charge in [0.15, 0.2) is 0 Å². The summed E-state index contributed by atoms with van der Waals surface area (Å²) in [6.07, 6.45) is -3.75. The summed E-state index contributed by atoms with van der Waals surface area (Å²) in [4.78, 5) is 0.765. The van der Waals surface area contributed by atoms with Crippen LogP contribution in [0.4, 0.5) is 13.2 Å². The predicted molar refractivity (Wildman–Crippen MR) is 74.3 cm³/mol. The van der Waals surface area contributed by atoms with Crippen LogP contribution >= 0.6 is 27.3 Å². The van der Waals surface area contributed by atoms with Crippen molar-refractivity contribution in [3.8, 4) is 0 Å². The monoisotopic (exact) mass is 389 g/mol. The van der Waals surface area contributed by atoms with E-state index in [-0.39, 0.29) is 24.4 Å². The minimum atomic E-state index is -4.38. The van der Waals surface area contributed by atoms with Crippen molar-refractivity contribution in [1.29, 1.82) is 0 Å². The van der Waals surface area contributed by atoms with Crippen LogP contribution < -0.4 is 0 Å². The number of thiophene rings is 1. The van der Waals surface area contributed by atoms with Crippen molar-refractivity contribution in [2.24, 2.45) is 0 Å². The molecule has 1 aromatic rings. The van der Waals surface area contributed by atoms with Gasteiger partial charge in [-0.2, -0.15) is 17.5 Å². The van der Waals surface area contributed by atoms with Gasteiger partial charge in [-0.25, -0.2) is 8.42 Å². The molecule has 0 radical (unpaired) electrons. The summed E-state index contributed by atoms with van der Waals surface area (Å²) in [5, 5.41) is 0. The molecule has 0 N–H and O–H groups in total. The molecule has 0 saturated carbocycles. The van der Waals surface area contributed by atoms with Gasteiger partial charge in [-0.3, -0.25) is 0 Å². The normalized spacial score (nSPS) is 18.1. The van der Waals surface area contributed by atoms with Gasteiger partial charge >= 0.3 is 6.18 Å². The van der Waals surface area contributed by atoms with Gasteiger partial charge in [0.1, 0.15) is 0 Å². The first-order chi connectivity index (χ1) is 9.12. The second-order valence-electron chi connectivity index (χ2n) is 4.31. The number of hydrogen-bond acceptors (Lipinski definition) is 3. The Morgan fingerprint density at radius 2 is 2.05 bits per heavy atom. The number of aryl methyl sites for hydroxylation is 1. The lowest BCUT2D eigenvalue weighted by molar-refractivity contribution is -0.0953. The van der Waals surface area contributed by atoms with Crippen LogP contribution in [0.2, 0.25) is 0 Å². The number of hydrogen-bond donors (Lipinski definition) is 0. The molecule has 1 aliphatic heterocycles. The summed E-state index contributed by atoms with van der Waals surface area (Å²) in [7, 11) is -3.74. The Kier molecular flexibility index (Phi) is 4.35. The third kappa shape index (κ3) is 3.10. The summed E-state index contributed by atoms with van der Waals surface area (Å²) < 4.78 is 64.1. The van der Waals surface area contributed by atoms with E-state index in [1.807, 2.05) is 0 Å². The number of nitrogens with zero attached hydrogens (tertiary/aromatic N) is 1. The molecule has 9 heteroatoms. The van der Waals surface area contributed by atoms with Crippen molar-refractivity contribution in [2.45, 2.75) is 24.4 Å². The zero-order valence-electron chi connectivity index (χ0n) is 10.4. The van der Waals surface area contributed by atoms with E-state index < -0.39 is 21.8 Å². The lowest BCUT2D eigenvalue weighted by atomic mass is 10.1. The number of halogens is 4. The van der Waals surface area contributed by atoms with Gasteiger partial charge in [0.2, 0.25) is 10.0 Å². The van der Waals surface area contributed by atoms with E-state index in [4.69, 9.17) is 0 Å². The van der Waals surface area contributed by atoms with Gasteiger partial charge in [0.25, 0.3) is 0 Å². The van der Waals surface area contributed by atoms with E-state index >= 15 is 0 Å². The largest absolute Gasteiger partial charge is 0.412 e. The second-order valence-corrected chi connectivity index (χ2v) is 8.85. The zero-order valence-corrected chi connectivity index (χ0v) is 13.6. The van der Waals surface area contributed by atoms with Crippen molar-refractivity contribution < 1.29 is 21.6 Å². The molecule has 0 aromatic carbocycles. The number of alkyl halides is 3. The number of sulfonamides is 1. The zero-order chi connectivity index (χ0) is 15.1. The first kappa shape index (κ1) is 16.0. The van der Waals surface area contributed by atoms with Crippen LogP contribution in [-0.4, -0.2) is 32.0 Å². The highest BCUT2D eigenvalue weighted by molar-refractivity contribution is 9.11. The molecule has 0 spiro atoms. The molecule has 2 rings (SSSR count). The fourth-order valence-electron chi connectivity index (χ4n) is 1.95. The highest BCUT2D eigenvalue weighted by Crippen LogP contribution is 2.34. The highest BCUT2D eigenvalue weighted by Gasteiger charge is 2.37. The van der Waals surface area contributed by atoms with Gasteiger partial charge in [-0.05, 0) is 35.3 Å². The third-order valence-electron chi connectivity index (χ3n) is 3.00. The molecule has 0 amide bonds. The molecular formula is C11H11BrF3NO2S2. The smallest absolute Gasteiger partial charge is 0.207 e. The first-order valence-electron chi connectivity index (χ1n) is 5.64. The minimum Gasteiger partial charge on any atom is -0.207 e. The fourth-order valence-corrected chi connectivity index (χ4v) is 5.72. The molecule has 0 atom stereocenters. The minimum absolute atomic E-state index is 0.151. The molecule has 1 aromatic heterocycles. The molecular weight excluding hydrogens is 379 g/mol. The summed E-state index contributed by atoms with van der Waals surface area (Å²) >= 11 is 4.49. The van der Waals surface area contributed by atoms with Crippen molar-refractivity contribution >= 4 is 37.3 Å². The van der Waals surface area contributed by atoms with E-state index in [2.05, 4.69) is 15.9 Å². The maximum Gasteiger partial charge on any atom is 0.412 e.